The molecule has 4 aromatic rings. The van der Waals surface area contributed by atoms with Crippen LogP contribution in [0.3, 0.4) is 0 Å². The van der Waals surface area contributed by atoms with Gasteiger partial charge in [-0.3, -0.25) is 4.72 Å². The Morgan fingerprint density at radius 3 is 2.43 bits per heavy atom. The molecule has 1 aliphatic carbocycles. The normalized spacial score (nSPS) is 14.8. The number of nitrogens with one attached hydrogen (secondary N) is 2. The second kappa shape index (κ2) is 12.8. The predicted octanol–water partition coefficient (Wildman–Crippen LogP) is 7.97. The number of pyridine rings is 1. The molecule has 2 heterocycles. The number of anilines is 2. The molecule has 47 heavy (non-hydrogen) atoms. The number of nitrogens with zero attached hydrogens (tertiary/aromatic N) is 2. The number of hydrogen-bond donors (Lipinski definition) is 3. The van der Waals surface area contributed by atoms with E-state index in [-0.39, 0.29) is 26.5 Å². The molecule has 0 atom stereocenters. The lowest BCUT2D eigenvalue weighted by Gasteiger charge is -2.37. The van der Waals surface area contributed by atoms with Crippen LogP contribution in [0.5, 0.6) is 11.5 Å². The van der Waals surface area contributed by atoms with Crippen LogP contribution in [0.4, 0.5) is 19.6 Å². The molecule has 0 aliphatic heterocycles. The van der Waals surface area contributed by atoms with Crippen LogP contribution in [0.1, 0.15) is 56.0 Å². The van der Waals surface area contributed by atoms with Crippen molar-refractivity contribution >= 4 is 40.5 Å². The fraction of sp³-hybridized carbons (Fsp3) is 0.394. The van der Waals surface area contributed by atoms with Crippen molar-refractivity contribution in [3.05, 3.63) is 76.3 Å². The van der Waals surface area contributed by atoms with Gasteiger partial charge in [0, 0.05) is 17.7 Å². The molecule has 3 N–H and O–H groups in total. The number of para-hydroxylation sites is 1. The lowest BCUT2D eigenvalue weighted by atomic mass is 9.78. The van der Waals surface area contributed by atoms with Crippen molar-refractivity contribution in [2.75, 3.05) is 17.1 Å². The van der Waals surface area contributed by atoms with Gasteiger partial charge in [-0.05, 0) is 80.2 Å². The third-order valence-corrected chi connectivity index (χ3v) is 15.9. The highest BCUT2D eigenvalue weighted by Crippen LogP contribution is 2.49. The van der Waals surface area contributed by atoms with E-state index in [1.54, 1.807) is 20.1 Å². The largest absolute Gasteiger partial charge is 0.541 e. The van der Waals surface area contributed by atoms with Crippen LogP contribution in [-0.2, 0) is 22.2 Å². The standard InChI is InChI=1S/C33H40F2N4O5S2Si/c1-20-16-23(36-18-22-10-8-11-26(43-5)28(22)44-47(6,7)32(2,3)4)19-37-30(20)46(41,42)39-31-38-27(21-12-13-24(34)25(35)17-21)29(45-31)33(40)14-9-15-33/h8,10-13,16-17,19,36,40H,9,14-15,18H2,1-7H3,(H,38,39). The Morgan fingerprint density at radius 1 is 1.11 bits per heavy atom. The van der Waals surface area contributed by atoms with Crippen molar-refractivity contribution < 1.29 is 31.5 Å². The van der Waals surface area contributed by atoms with Crippen molar-refractivity contribution in [2.24, 2.45) is 0 Å². The Morgan fingerprint density at radius 2 is 1.83 bits per heavy atom. The molecule has 0 radical (unpaired) electrons. The van der Waals surface area contributed by atoms with Crippen LogP contribution < -0.4 is 19.2 Å². The smallest absolute Gasteiger partial charge is 0.281 e. The first-order valence-electron chi connectivity index (χ1n) is 15.2. The summed E-state index contributed by atoms with van der Waals surface area (Å²) in [6.07, 6.45) is 3.12. The van der Waals surface area contributed by atoms with Gasteiger partial charge in [-0.25, -0.2) is 18.7 Å². The highest BCUT2D eigenvalue weighted by atomic mass is 32.2. The van der Waals surface area contributed by atoms with Crippen molar-refractivity contribution in [2.45, 2.75) is 82.3 Å². The van der Waals surface area contributed by atoms with E-state index in [2.05, 4.69) is 53.9 Å². The first-order valence-corrected chi connectivity index (χ1v) is 20.4. The molecule has 1 aliphatic rings. The van der Waals surface area contributed by atoms with Gasteiger partial charge >= 0.3 is 0 Å². The first kappa shape index (κ1) is 34.7. The molecule has 9 nitrogen and oxygen atoms in total. The molecule has 0 spiro atoms. The van der Waals surface area contributed by atoms with Crippen LogP contribution in [0, 0.1) is 18.6 Å². The number of sulfonamides is 1. The van der Waals surface area contributed by atoms with Gasteiger partial charge in [0.25, 0.3) is 18.3 Å². The molecule has 5 rings (SSSR count). The van der Waals surface area contributed by atoms with Crippen LogP contribution in [0.25, 0.3) is 11.3 Å². The summed E-state index contributed by atoms with van der Waals surface area (Å²) >= 11 is 0.966. The summed E-state index contributed by atoms with van der Waals surface area (Å²) in [5.74, 6) is -0.766. The zero-order valence-corrected chi connectivity index (χ0v) is 30.1. The van der Waals surface area contributed by atoms with E-state index in [1.807, 2.05) is 18.2 Å². The third kappa shape index (κ3) is 7.15. The number of hydrogen-bond acceptors (Lipinski definition) is 9. The summed E-state index contributed by atoms with van der Waals surface area (Å²) in [6.45, 7) is 12.9. The topological polar surface area (TPSA) is 123 Å². The highest BCUT2D eigenvalue weighted by Gasteiger charge is 2.42. The van der Waals surface area contributed by atoms with E-state index in [4.69, 9.17) is 9.16 Å². The number of thiazole rings is 1. The van der Waals surface area contributed by atoms with Crippen LogP contribution in [0.15, 0.2) is 53.7 Å². The summed E-state index contributed by atoms with van der Waals surface area (Å²) < 4.78 is 69.5. The number of halogens is 2. The minimum atomic E-state index is -4.20. The third-order valence-electron chi connectivity index (χ3n) is 8.86. The van der Waals surface area contributed by atoms with Gasteiger partial charge in [-0.1, -0.05) is 44.2 Å². The summed E-state index contributed by atoms with van der Waals surface area (Å²) in [7, 11) is -4.78. The van der Waals surface area contributed by atoms with E-state index >= 15 is 0 Å². The second-order valence-electron chi connectivity index (χ2n) is 13.3. The summed E-state index contributed by atoms with van der Waals surface area (Å²) in [4.78, 5) is 9.06. The van der Waals surface area contributed by atoms with E-state index in [1.165, 1.54) is 12.3 Å². The first-order chi connectivity index (χ1) is 21.9. The number of aliphatic hydroxyl groups is 1. The van der Waals surface area contributed by atoms with Crippen molar-refractivity contribution in [1.82, 2.24) is 9.97 Å². The van der Waals surface area contributed by atoms with Gasteiger partial charge in [-0.15, -0.1) is 0 Å². The molecule has 252 valence electrons. The molecule has 0 bridgehead atoms. The predicted molar refractivity (Wildman–Crippen MR) is 183 cm³/mol. The fourth-order valence-electron chi connectivity index (χ4n) is 4.94. The Labute approximate surface area is 279 Å². The lowest BCUT2D eigenvalue weighted by Crippen LogP contribution is -2.44. The average Bonchev–Trinajstić information content (AvgIpc) is 3.39. The maximum absolute atomic E-state index is 14.1. The Kier molecular flexibility index (Phi) is 9.45. The summed E-state index contributed by atoms with van der Waals surface area (Å²) in [6, 6.07) is 10.7. The molecule has 2 aromatic carbocycles. The second-order valence-corrected chi connectivity index (χ2v) is 20.6. The number of methoxy groups -OCH3 is 1. The van der Waals surface area contributed by atoms with Crippen LogP contribution in [-0.4, -0.2) is 38.9 Å². The number of ether oxygens (including phenoxy) is 1. The minimum absolute atomic E-state index is 0.0178. The number of benzene rings is 2. The van der Waals surface area contributed by atoms with E-state index in [9.17, 15) is 22.3 Å². The molecule has 14 heteroatoms. The molecule has 0 unspecified atom stereocenters. The van der Waals surface area contributed by atoms with E-state index in [0.29, 0.717) is 47.0 Å². The van der Waals surface area contributed by atoms with Gasteiger partial charge in [-0.2, -0.15) is 8.42 Å². The Hall–Kier alpha value is -3.59. The van der Waals surface area contributed by atoms with Crippen LogP contribution >= 0.6 is 11.3 Å². The van der Waals surface area contributed by atoms with Gasteiger partial charge in [0.05, 0.1) is 29.6 Å². The molecule has 1 saturated carbocycles. The highest BCUT2D eigenvalue weighted by molar-refractivity contribution is 7.92. The number of aryl methyl sites for hydroxylation is 1. The Bertz CT molecular complexity index is 1910. The van der Waals surface area contributed by atoms with Crippen molar-refractivity contribution in [1.29, 1.82) is 0 Å². The molecule has 0 amide bonds. The quantitative estimate of drug-likeness (QED) is 0.135. The molecule has 0 saturated heterocycles. The maximum Gasteiger partial charge on any atom is 0.281 e. The molecule has 1 fully saturated rings. The van der Waals surface area contributed by atoms with Crippen molar-refractivity contribution in [3.8, 4) is 22.8 Å². The average molecular weight is 703 g/mol. The van der Waals surface area contributed by atoms with Crippen molar-refractivity contribution in [3.63, 3.8) is 0 Å². The Balaban J connectivity index is 1.37. The van der Waals surface area contributed by atoms with E-state index < -0.39 is 35.6 Å². The maximum atomic E-state index is 14.1. The van der Waals surface area contributed by atoms with Crippen LogP contribution in [0.2, 0.25) is 18.1 Å². The number of rotatable bonds is 11. The van der Waals surface area contributed by atoms with Gasteiger partial charge in [0.1, 0.15) is 5.60 Å². The minimum Gasteiger partial charge on any atom is -0.541 e. The zero-order valence-electron chi connectivity index (χ0n) is 27.5. The van der Waals surface area contributed by atoms with E-state index in [0.717, 1.165) is 35.5 Å². The zero-order chi connectivity index (χ0) is 34.4. The van der Waals surface area contributed by atoms with Gasteiger partial charge in [0.2, 0.25) is 0 Å². The SMILES string of the molecule is COc1cccc(CNc2cnc(S(=O)(=O)Nc3nc(-c4ccc(F)c(F)c4)c(C4(O)CCC4)s3)c(C)c2)c1O[Si](C)(C)C(C)(C)C. The number of aromatic nitrogens is 2. The fourth-order valence-corrected chi connectivity index (χ4v) is 8.52. The van der Waals surface area contributed by atoms with Gasteiger partial charge in [0.15, 0.2) is 33.3 Å². The lowest BCUT2D eigenvalue weighted by molar-refractivity contribution is -0.0350. The monoisotopic (exact) mass is 702 g/mol. The van der Waals surface area contributed by atoms with Gasteiger partial charge < -0.3 is 19.6 Å². The molecule has 2 aromatic heterocycles. The molecular formula is C33H40F2N4O5S2Si. The molecular weight excluding hydrogens is 663 g/mol. The summed E-state index contributed by atoms with van der Waals surface area (Å²) in [5, 5.41) is 14.2. The summed E-state index contributed by atoms with van der Waals surface area (Å²) in [5.41, 5.74) is 1.09.